The van der Waals surface area contributed by atoms with Crippen molar-refractivity contribution in [2.24, 2.45) is 5.92 Å². The van der Waals surface area contributed by atoms with E-state index in [2.05, 4.69) is 24.4 Å². The quantitative estimate of drug-likeness (QED) is 0.906. The number of fused-ring (bicyclic) bond motifs is 1. The largest absolute Gasteiger partial charge is 0.478 e. The number of amides is 1. The molecule has 1 aliphatic carbocycles. The fourth-order valence-corrected chi connectivity index (χ4v) is 3.37. The molecule has 3 rings (SSSR count). The van der Waals surface area contributed by atoms with Gasteiger partial charge in [0.15, 0.2) is 0 Å². The maximum absolute atomic E-state index is 12.5. The van der Waals surface area contributed by atoms with E-state index in [0.29, 0.717) is 11.5 Å². The first-order valence-electron chi connectivity index (χ1n) is 8.24. The molecule has 4 nitrogen and oxygen atoms in total. The van der Waals surface area contributed by atoms with Gasteiger partial charge in [-0.25, -0.2) is 4.79 Å². The Balaban J connectivity index is 1.73. The molecule has 24 heavy (non-hydrogen) atoms. The van der Waals surface area contributed by atoms with Crippen molar-refractivity contribution in [3.05, 3.63) is 70.8 Å². The maximum Gasteiger partial charge on any atom is 0.335 e. The molecule has 124 valence electrons. The van der Waals surface area contributed by atoms with Crippen LogP contribution < -0.4 is 5.32 Å². The normalized spacial score (nSPS) is 19.4. The van der Waals surface area contributed by atoms with Gasteiger partial charge in [-0.15, -0.1) is 0 Å². The van der Waals surface area contributed by atoms with Crippen molar-refractivity contribution < 1.29 is 14.7 Å². The lowest BCUT2D eigenvalue weighted by Gasteiger charge is -2.32. The third kappa shape index (κ3) is 3.48. The van der Waals surface area contributed by atoms with Gasteiger partial charge in [-0.3, -0.25) is 4.79 Å². The zero-order chi connectivity index (χ0) is 17.1. The van der Waals surface area contributed by atoms with E-state index in [4.69, 9.17) is 5.11 Å². The van der Waals surface area contributed by atoms with Crippen LogP contribution in [0, 0.1) is 5.92 Å². The maximum atomic E-state index is 12.5. The highest BCUT2D eigenvalue weighted by Gasteiger charge is 2.27. The van der Waals surface area contributed by atoms with Crippen molar-refractivity contribution in [3.8, 4) is 0 Å². The summed E-state index contributed by atoms with van der Waals surface area (Å²) in [6, 6.07) is 14.8. The molecule has 0 saturated carbocycles. The Morgan fingerprint density at radius 3 is 2.75 bits per heavy atom. The zero-order valence-electron chi connectivity index (χ0n) is 13.7. The molecule has 1 amide bonds. The van der Waals surface area contributed by atoms with E-state index >= 15 is 0 Å². The molecule has 0 bridgehead atoms. The smallest absolute Gasteiger partial charge is 0.335 e. The molecule has 2 N–H and O–H groups in total. The van der Waals surface area contributed by atoms with E-state index < -0.39 is 5.97 Å². The molecule has 2 aromatic rings. The number of hydrogen-bond donors (Lipinski definition) is 2. The van der Waals surface area contributed by atoms with Crippen molar-refractivity contribution in [2.45, 2.75) is 32.2 Å². The van der Waals surface area contributed by atoms with Crippen molar-refractivity contribution in [1.82, 2.24) is 5.32 Å². The van der Waals surface area contributed by atoms with E-state index in [1.807, 2.05) is 12.1 Å². The first-order valence-corrected chi connectivity index (χ1v) is 8.24. The number of carbonyl (C=O) groups is 2. The summed E-state index contributed by atoms with van der Waals surface area (Å²) in [5.41, 5.74) is 3.42. The minimum Gasteiger partial charge on any atom is -0.478 e. The first kappa shape index (κ1) is 16.2. The van der Waals surface area contributed by atoms with Crippen LogP contribution in [0.3, 0.4) is 0 Å². The molecular weight excluding hydrogens is 302 g/mol. The highest BCUT2D eigenvalue weighted by molar-refractivity contribution is 5.88. The van der Waals surface area contributed by atoms with Crippen LogP contribution in [0.2, 0.25) is 0 Å². The van der Waals surface area contributed by atoms with Crippen molar-refractivity contribution in [1.29, 1.82) is 0 Å². The number of carbonyl (C=O) groups excluding carboxylic acids is 1. The number of carboxylic acids is 1. The fourth-order valence-electron chi connectivity index (χ4n) is 3.37. The molecule has 0 radical (unpaired) electrons. The second kappa shape index (κ2) is 6.87. The topological polar surface area (TPSA) is 66.4 Å². The average molecular weight is 323 g/mol. The van der Waals surface area contributed by atoms with Gasteiger partial charge in [-0.2, -0.15) is 0 Å². The lowest BCUT2D eigenvalue weighted by molar-refractivity contribution is -0.121. The number of nitrogens with one attached hydrogen (secondary N) is 1. The van der Waals surface area contributed by atoms with Crippen LogP contribution in [0.4, 0.5) is 0 Å². The average Bonchev–Trinajstić information content (AvgIpc) is 2.57. The highest BCUT2D eigenvalue weighted by atomic mass is 16.4. The third-order valence-corrected chi connectivity index (χ3v) is 4.68. The van der Waals surface area contributed by atoms with Crippen molar-refractivity contribution >= 4 is 11.9 Å². The molecule has 0 saturated heterocycles. The van der Waals surface area contributed by atoms with Gasteiger partial charge in [0.05, 0.1) is 18.0 Å². The van der Waals surface area contributed by atoms with Crippen LogP contribution in [0.25, 0.3) is 0 Å². The van der Waals surface area contributed by atoms with E-state index in [1.54, 1.807) is 18.2 Å². The van der Waals surface area contributed by atoms with Crippen LogP contribution in [-0.4, -0.2) is 17.0 Å². The van der Waals surface area contributed by atoms with Gasteiger partial charge in [0, 0.05) is 0 Å². The summed E-state index contributed by atoms with van der Waals surface area (Å²) in [5.74, 6) is -0.674. The molecule has 1 aliphatic rings. The Kier molecular flexibility index (Phi) is 4.65. The third-order valence-electron chi connectivity index (χ3n) is 4.68. The summed E-state index contributed by atoms with van der Waals surface area (Å²) in [5, 5.41) is 12.2. The zero-order valence-corrected chi connectivity index (χ0v) is 13.7. The minimum absolute atomic E-state index is 0.0186. The Labute approximate surface area is 141 Å². The van der Waals surface area contributed by atoms with E-state index in [9.17, 15) is 9.59 Å². The van der Waals surface area contributed by atoms with Crippen LogP contribution in [0.15, 0.2) is 48.5 Å². The Morgan fingerprint density at radius 2 is 1.96 bits per heavy atom. The molecule has 2 atom stereocenters. The number of benzene rings is 2. The van der Waals surface area contributed by atoms with Gasteiger partial charge in [-0.1, -0.05) is 43.3 Å². The molecule has 0 aliphatic heterocycles. The number of rotatable bonds is 4. The number of aryl methyl sites for hydroxylation is 1. The molecule has 2 unspecified atom stereocenters. The molecule has 0 spiro atoms. The fraction of sp³-hybridized carbons (Fsp3) is 0.300. The lowest BCUT2D eigenvalue weighted by Crippen LogP contribution is -2.36. The predicted molar refractivity (Wildman–Crippen MR) is 91.9 cm³/mol. The Hall–Kier alpha value is -2.62. The molecule has 0 heterocycles. The standard InChI is InChI=1S/C20H21NO3/c1-13-9-10-15-6-2-3-8-17(15)19(13)21-18(22)12-14-5-4-7-16(11-14)20(23)24/h2-8,11,13,19H,9-10,12H2,1H3,(H,21,22)(H,23,24). The highest BCUT2D eigenvalue weighted by Crippen LogP contribution is 2.34. The predicted octanol–water partition coefficient (Wildman–Crippen LogP) is 3.37. The van der Waals surface area contributed by atoms with Gasteiger partial charge >= 0.3 is 5.97 Å². The van der Waals surface area contributed by atoms with Gasteiger partial charge in [0.25, 0.3) is 0 Å². The molecule has 4 heteroatoms. The van der Waals surface area contributed by atoms with Crippen LogP contribution in [0.5, 0.6) is 0 Å². The Bertz CT molecular complexity index is 769. The van der Waals surface area contributed by atoms with Gasteiger partial charge < -0.3 is 10.4 Å². The van der Waals surface area contributed by atoms with E-state index in [1.165, 1.54) is 17.2 Å². The lowest BCUT2D eigenvalue weighted by atomic mass is 9.80. The molecule has 0 fully saturated rings. The van der Waals surface area contributed by atoms with Crippen LogP contribution >= 0.6 is 0 Å². The number of hydrogen-bond acceptors (Lipinski definition) is 2. The van der Waals surface area contributed by atoms with Gasteiger partial charge in [0.1, 0.15) is 0 Å². The molecule has 0 aromatic heterocycles. The van der Waals surface area contributed by atoms with Crippen LogP contribution in [0.1, 0.15) is 46.4 Å². The van der Waals surface area contributed by atoms with E-state index in [-0.39, 0.29) is 23.9 Å². The second-order valence-electron chi connectivity index (χ2n) is 6.44. The summed E-state index contributed by atoms with van der Waals surface area (Å²) in [6.07, 6.45) is 2.29. The van der Waals surface area contributed by atoms with Crippen molar-refractivity contribution in [2.75, 3.05) is 0 Å². The van der Waals surface area contributed by atoms with Crippen LogP contribution in [-0.2, 0) is 17.6 Å². The number of carboxylic acid groups (broad SMARTS) is 1. The monoisotopic (exact) mass is 323 g/mol. The Morgan fingerprint density at radius 1 is 1.17 bits per heavy atom. The minimum atomic E-state index is -0.980. The summed E-state index contributed by atoms with van der Waals surface area (Å²) < 4.78 is 0. The second-order valence-corrected chi connectivity index (χ2v) is 6.44. The van der Waals surface area contributed by atoms with Crippen molar-refractivity contribution in [3.63, 3.8) is 0 Å². The molecule has 2 aromatic carbocycles. The summed E-state index contributed by atoms with van der Waals surface area (Å²) in [6.45, 7) is 2.16. The van der Waals surface area contributed by atoms with Gasteiger partial charge in [0.2, 0.25) is 5.91 Å². The molecular formula is C20H21NO3. The van der Waals surface area contributed by atoms with Gasteiger partial charge in [-0.05, 0) is 47.6 Å². The summed E-state index contributed by atoms with van der Waals surface area (Å²) in [4.78, 5) is 23.5. The summed E-state index contributed by atoms with van der Waals surface area (Å²) >= 11 is 0. The first-order chi connectivity index (χ1) is 11.5. The SMILES string of the molecule is CC1CCc2ccccc2C1NC(=O)Cc1cccc(C(=O)O)c1. The van der Waals surface area contributed by atoms with E-state index in [0.717, 1.165) is 12.8 Å². The number of aromatic carboxylic acids is 1. The summed E-state index contributed by atoms with van der Waals surface area (Å²) in [7, 11) is 0.